The predicted molar refractivity (Wildman–Crippen MR) is 51.5 cm³/mol. The van der Waals surface area contributed by atoms with Crippen LogP contribution in [-0.2, 0) is 4.79 Å². The number of carbonyl (C=O) groups excluding carboxylic acids is 1. The van der Waals surface area contributed by atoms with Gasteiger partial charge in [-0.1, -0.05) is 39.0 Å². The fraction of sp³-hybridized carbons (Fsp3) is 0.900. The number of ketones is 1. The molecule has 0 aromatic heterocycles. The summed E-state index contributed by atoms with van der Waals surface area (Å²) in [7, 11) is 0. The van der Waals surface area contributed by atoms with Gasteiger partial charge in [-0.15, -0.1) is 0 Å². The van der Waals surface area contributed by atoms with Crippen molar-refractivity contribution in [2.75, 3.05) is 6.61 Å². The van der Waals surface area contributed by atoms with Crippen molar-refractivity contribution in [2.24, 2.45) is 0 Å². The lowest BCUT2D eigenvalue weighted by Crippen LogP contribution is -2.23. The zero-order chi connectivity index (χ0) is 10.1. The lowest BCUT2D eigenvalue weighted by molar-refractivity contribution is -0.130. The first-order valence-electron chi connectivity index (χ1n) is 5.04. The smallest absolute Gasteiger partial charge is 0.186 e. The molecular weight excluding hydrogens is 168 g/mol. The van der Waals surface area contributed by atoms with Gasteiger partial charge >= 0.3 is 0 Å². The van der Waals surface area contributed by atoms with Crippen molar-refractivity contribution >= 4 is 5.78 Å². The topological polar surface area (TPSA) is 57.5 Å². The average Bonchev–Trinajstić information content (AvgIpc) is 2.16. The molecule has 3 heteroatoms. The second-order valence-corrected chi connectivity index (χ2v) is 3.34. The maximum atomic E-state index is 10.7. The second-order valence-electron chi connectivity index (χ2n) is 3.34. The summed E-state index contributed by atoms with van der Waals surface area (Å²) in [6, 6.07) is 0. The number of hydrogen-bond acceptors (Lipinski definition) is 3. The molecule has 0 rings (SSSR count). The van der Waals surface area contributed by atoms with Gasteiger partial charge in [-0.2, -0.15) is 0 Å². The van der Waals surface area contributed by atoms with Crippen LogP contribution in [0.1, 0.15) is 45.4 Å². The highest BCUT2D eigenvalue weighted by molar-refractivity contribution is 5.83. The molecule has 0 fully saturated rings. The van der Waals surface area contributed by atoms with E-state index in [9.17, 15) is 4.79 Å². The third-order valence-electron chi connectivity index (χ3n) is 2.11. The molecule has 0 radical (unpaired) electrons. The van der Waals surface area contributed by atoms with Gasteiger partial charge in [0.15, 0.2) is 5.78 Å². The number of unbranched alkanes of at least 4 members (excludes halogenated alkanes) is 4. The molecule has 1 atom stereocenters. The Hall–Kier alpha value is -0.410. The molecule has 0 bridgehead atoms. The molecule has 2 N–H and O–H groups in total. The minimum atomic E-state index is -0.952. The molecule has 78 valence electrons. The van der Waals surface area contributed by atoms with E-state index < -0.39 is 18.5 Å². The van der Waals surface area contributed by atoms with Crippen LogP contribution in [-0.4, -0.2) is 28.7 Å². The van der Waals surface area contributed by atoms with Crippen molar-refractivity contribution in [3.05, 3.63) is 0 Å². The Morgan fingerprint density at radius 2 is 1.85 bits per heavy atom. The summed E-state index contributed by atoms with van der Waals surface area (Å²) in [5, 5.41) is 17.6. The fourth-order valence-corrected chi connectivity index (χ4v) is 1.21. The third kappa shape index (κ3) is 6.72. The van der Waals surface area contributed by atoms with Crippen molar-refractivity contribution in [2.45, 2.75) is 51.6 Å². The zero-order valence-electron chi connectivity index (χ0n) is 8.33. The van der Waals surface area contributed by atoms with Crippen LogP contribution in [0.25, 0.3) is 0 Å². The molecule has 3 nitrogen and oxygen atoms in total. The summed E-state index contributed by atoms with van der Waals surface area (Å²) in [6.07, 6.45) is 5.03. The lowest BCUT2D eigenvalue weighted by Gasteiger charge is -2.06. The van der Waals surface area contributed by atoms with Gasteiger partial charge in [0.25, 0.3) is 0 Å². The van der Waals surface area contributed by atoms with E-state index in [2.05, 4.69) is 6.92 Å². The molecule has 0 heterocycles. The van der Waals surface area contributed by atoms with Gasteiger partial charge in [-0.3, -0.25) is 4.79 Å². The van der Waals surface area contributed by atoms with Crippen LogP contribution in [0.4, 0.5) is 0 Å². The van der Waals surface area contributed by atoms with Gasteiger partial charge in [-0.05, 0) is 6.42 Å². The Labute approximate surface area is 79.8 Å². The molecule has 0 aliphatic carbocycles. The summed E-state index contributed by atoms with van der Waals surface area (Å²) in [5.41, 5.74) is 0. The largest absolute Gasteiger partial charge is 0.388 e. The molecule has 0 aliphatic rings. The van der Waals surface area contributed by atoms with Crippen LogP contribution in [0.15, 0.2) is 0 Å². The molecule has 0 aliphatic heterocycles. The highest BCUT2D eigenvalue weighted by atomic mass is 16.3. The van der Waals surface area contributed by atoms with Gasteiger partial charge in [0.2, 0.25) is 0 Å². The van der Waals surface area contributed by atoms with E-state index in [-0.39, 0.29) is 0 Å². The molecule has 13 heavy (non-hydrogen) atoms. The molecule has 0 aromatic rings. The Kier molecular flexibility index (Phi) is 7.94. The quantitative estimate of drug-likeness (QED) is 0.564. The highest BCUT2D eigenvalue weighted by Gasteiger charge is 2.12. The van der Waals surface area contributed by atoms with Crippen molar-refractivity contribution < 1.29 is 15.0 Å². The number of rotatable bonds is 8. The fourth-order valence-electron chi connectivity index (χ4n) is 1.21. The Bertz CT molecular complexity index is 134. The number of aliphatic hydroxyl groups excluding tert-OH is 2. The minimum absolute atomic E-state index is 0.463. The highest BCUT2D eigenvalue weighted by Crippen LogP contribution is 2.07. The van der Waals surface area contributed by atoms with E-state index in [1.54, 1.807) is 0 Å². The van der Waals surface area contributed by atoms with E-state index in [0.29, 0.717) is 6.42 Å². The maximum Gasteiger partial charge on any atom is 0.186 e. The SMILES string of the molecule is CCCCCCCC(O)C(=O)CO. The molecular formula is C10H20O3. The van der Waals surface area contributed by atoms with Gasteiger partial charge in [0, 0.05) is 0 Å². The average molecular weight is 188 g/mol. The first-order valence-corrected chi connectivity index (χ1v) is 5.04. The number of hydrogen-bond donors (Lipinski definition) is 2. The third-order valence-corrected chi connectivity index (χ3v) is 2.11. The van der Waals surface area contributed by atoms with Crippen molar-refractivity contribution in [3.63, 3.8) is 0 Å². The number of aliphatic hydroxyl groups is 2. The van der Waals surface area contributed by atoms with Gasteiger partial charge in [-0.25, -0.2) is 0 Å². The number of Topliss-reactive ketones (excluding diaryl/α,β-unsaturated/α-hetero) is 1. The lowest BCUT2D eigenvalue weighted by atomic mass is 10.1. The normalized spacial score (nSPS) is 12.8. The van der Waals surface area contributed by atoms with E-state index in [0.717, 1.165) is 19.3 Å². The number of carbonyl (C=O) groups is 1. The first kappa shape index (κ1) is 12.6. The van der Waals surface area contributed by atoms with Crippen molar-refractivity contribution in [3.8, 4) is 0 Å². The molecule has 0 aromatic carbocycles. The minimum Gasteiger partial charge on any atom is -0.388 e. The molecule has 0 amide bonds. The second kappa shape index (κ2) is 8.20. The van der Waals surface area contributed by atoms with Crippen LogP contribution >= 0.6 is 0 Å². The van der Waals surface area contributed by atoms with Crippen LogP contribution < -0.4 is 0 Å². The van der Waals surface area contributed by atoms with Crippen molar-refractivity contribution in [1.82, 2.24) is 0 Å². The Balaban J connectivity index is 3.26. The Morgan fingerprint density at radius 3 is 2.38 bits per heavy atom. The standard InChI is InChI=1S/C10H20O3/c1-2-3-4-5-6-7-9(12)10(13)8-11/h9,11-12H,2-8H2,1H3. The van der Waals surface area contributed by atoms with Gasteiger partial charge < -0.3 is 10.2 Å². The van der Waals surface area contributed by atoms with E-state index in [4.69, 9.17) is 10.2 Å². The van der Waals surface area contributed by atoms with E-state index in [1.165, 1.54) is 12.8 Å². The molecule has 0 spiro atoms. The van der Waals surface area contributed by atoms with Crippen LogP contribution in [0.5, 0.6) is 0 Å². The van der Waals surface area contributed by atoms with E-state index >= 15 is 0 Å². The Morgan fingerprint density at radius 1 is 1.23 bits per heavy atom. The summed E-state index contributed by atoms with van der Waals surface area (Å²) >= 11 is 0. The maximum absolute atomic E-state index is 10.7. The summed E-state index contributed by atoms with van der Waals surface area (Å²) in [6.45, 7) is 1.60. The summed E-state index contributed by atoms with van der Waals surface area (Å²) in [4.78, 5) is 10.7. The summed E-state index contributed by atoms with van der Waals surface area (Å²) < 4.78 is 0. The van der Waals surface area contributed by atoms with Gasteiger partial charge in [0.05, 0.1) is 0 Å². The van der Waals surface area contributed by atoms with E-state index in [1.807, 2.05) is 0 Å². The summed E-state index contributed by atoms with van der Waals surface area (Å²) in [5.74, 6) is -0.463. The first-order chi connectivity index (χ1) is 6.22. The predicted octanol–water partition coefficient (Wildman–Crippen LogP) is 1.27. The van der Waals surface area contributed by atoms with Crippen LogP contribution in [0.2, 0.25) is 0 Å². The van der Waals surface area contributed by atoms with Crippen LogP contribution in [0, 0.1) is 0 Å². The zero-order valence-corrected chi connectivity index (χ0v) is 8.33. The molecule has 0 saturated carbocycles. The van der Waals surface area contributed by atoms with Crippen LogP contribution in [0.3, 0.4) is 0 Å². The molecule has 0 saturated heterocycles. The monoisotopic (exact) mass is 188 g/mol. The molecule has 1 unspecified atom stereocenters. The van der Waals surface area contributed by atoms with Gasteiger partial charge in [0.1, 0.15) is 12.7 Å². The van der Waals surface area contributed by atoms with Crippen molar-refractivity contribution in [1.29, 1.82) is 0 Å².